The van der Waals surface area contributed by atoms with E-state index in [2.05, 4.69) is 29.5 Å². The van der Waals surface area contributed by atoms with Crippen LogP contribution < -0.4 is 28.7 Å². The van der Waals surface area contributed by atoms with Gasteiger partial charge in [0.25, 0.3) is 11.8 Å². The van der Waals surface area contributed by atoms with E-state index in [1.165, 1.54) is 32.3 Å². The third-order valence-electron chi connectivity index (χ3n) is 12.4. The maximum Gasteiger partial charge on any atom is 0.416 e. The van der Waals surface area contributed by atoms with E-state index in [1.807, 2.05) is 52.1 Å². The zero-order chi connectivity index (χ0) is 45.9. The van der Waals surface area contributed by atoms with Gasteiger partial charge in [0.15, 0.2) is 29.2 Å². The number of carbonyl (C=O) groups is 4. The molecule has 4 amide bonds. The van der Waals surface area contributed by atoms with E-state index in [1.54, 1.807) is 56.7 Å². The number of benzene rings is 3. The molecule has 340 valence electrons. The van der Waals surface area contributed by atoms with Crippen LogP contribution >= 0.6 is 22.7 Å². The summed E-state index contributed by atoms with van der Waals surface area (Å²) in [5.41, 5.74) is 7.33. The van der Waals surface area contributed by atoms with Gasteiger partial charge in [-0.2, -0.15) is 22.7 Å². The summed E-state index contributed by atoms with van der Waals surface area (Å²) in [6.45, 7) is 4.96. The molecule has 3 unspecified atom stereocenters. The molecule has 16 heteroatoms. The molecule has 66 heavy (non-hydrogen) atoms. The number of hydrogen-bond acceptors (Lipinski definition) is 12. The van der Waals surface area contributed by atoms with Crippen molar-refractivity contribution in [1.82, 2.24) is 9.80 Å². The second kappa shape index (κ2) is 19.3. The first-order chi connectivity index (χ1) is 32.2. The lowest BCUT2D eigenvalue weighted by Gasteiger charge is -2.40. The van der Waals surface area contributed by atoms with Gasteiger partial charge in [0.1, 0.15) is 19.8 Å². The van der Waals surface area contributed by atoms with Gasteiger partial charge >= 0.3 is 6.09 Å². The highest BCUT2D eigenvalue weighted by atomic mass is 32.1. The summed E-state index contributed by atoms with van der Waals surface area (Å²) in [5.74, 6) is 0.859. The van der Waals surface area contributed by atoms with Gasteiger partial charge in [-0.1, -0.05) is 43.0 Å². The Labute approximate surface area is 390 Å². The summed E-state index contributed by atoms with van der Waals surface area (Å²) in [6, 6.07) is 17.6. The molecule has 3 aromatic carbocycles. The number of ether oxygens (including phenoxy) is 6. The highest BCUT2D eigenvalue weighted by molar-refractivity contribution is 7.08. The second-order valence-corrected chi connectivity index (χ2v) is 17.6. The number of hydrogen-bond donors (Lipinski definition) is 0. The Hall–Kier alpha value is -6.88. The van der Waals surface area contributed by atoms with E-state index in [9.17, 15) is 19.2 Å². The first kappa shape index (κ1) is 44.3. The van der Waals surface area contributed by atoms with Gasteiger partial charge in [-0.15, -0.1) is 0 Å². The zero-order valence-corrected chi connectivity index (χ0v) is 38.3. The number of fused-ring (bicyclic) bond motifs is 4. The van der Waals surface area contributed by atoms with Crippen LogP contribution in [0.25, 0.3) is 11.1 Å². The molecule has 5 aromatic rings. The molecule has 0 fully saturated rings. The molecular formula is C50H48N4O10S2. The van der Waals surface area contributed by atoms with Crippen LogP contribution in [-0.2, 0) is 27.5 Å². The van der Waals surface area contributed by atoms with Crippen LogP contribution in [0.3, 0.4) is 0 Å². The average Bonchev–Trinajstić information content (AvgIpc) is 4.08. The second-order valence-electron chi connectivity index (χ2n) is 16.1. The maximum absolute atomic E-state index is 14.4. The number of rotatable bonds is 14. The normalized spacial score (nSPS) is 18.9. The van der Waals surface area contributed by atoms with Crippen molar-refractivity contribution < 1.29 is 47.6 Å². The Morgan fingerprint density at radius 3 is 1.92 bits per heavy atom. The lowest BCUT2D eigenvalue weighted by atomic mass is 9.94. The molecule has 0 spiro atoms. The third-order valence-corrected chi connectivity index (χ3v) is 13.7. The Bertz CT molecular complexity index is 2720. The maximum atomic E-state index is 14.4. The van der Waals surface area contributed by atoms with Gasteiger partial charge in [-0.25, -0.2) is 9.69 Å². The third kappa shape index (κ3) is 8.54. The number of anilines is 2. The fourth-order valence-electron chi connectivity index (χ4n) is 9.10. The lowest BCUT2D eigenvalue weighted by Crippen LogP contribution is -2.55. The van der Waals surface area contributed by atoms with Crippen molar-refractivity contribution in [3.8, 4) is 23.0 Å². The number of thiophene rings is 2. The van der Waals surface area contributed by atoms with Crippen molar-refractivity contribution in [2.75, 3.05) is 57.4 Å². The summed E-state index contributed by atoms with van der Waals surface area (Å²) in [6.07, 6.45) is 5.84. The van der Waals surface area contributed by atoms with Crippen molar-refractivity contribution in [2.45, 2.75) is 44.4 Å². The van der Waals surface area contributed by atoms with E-state index in [0.717, 1.165) is 39.8 Å². The minimum absolute atomic E-state index is 0.0481. The van der Waals surface area contributed by atoms with E-state index in [-0.39, 0.29) is 54.7 Å². The van der Waals surface area contributed by atoms with E-state index in [0.29, 0.717) is 61.0 Å². The van der Waals surface area contributed by atoms with Gasteiger partial charge < -0.3 is 43.1 Å². The number of methoxy groups -OCH3 is 3. The summed E-state index contributed by atoms with van der Waals surface area (Å²) in [4.78, 5) is 61.5. The molecule has 4 aliphatic rings. The Morgan fingerprint density at radius 2 is 1.35 bits per heavy atom. The van der Waals surface area contributed by atoms with Gasteiger partial charge in [0.05, 0.1) is 48.8 Å². The lowest BCUT2D eigenvalue weighted by molar-refractivity contribution is -0.107. The predicted molar refractivity (Wildman–Crippen MR) is 253 cm³/mol. The molecule has 0 aliphatic carbocycles. The van der Waals surface area contributed by atoms with Gasteiger partial charge in [0, 0.05) is 38.9 Å². The SMILES string of the molecule is C=CCOC(=O)N1c2cc(OCc3cccc(COc4cc5c(cc4OC)C(=O)N4CC=C(c6ccsc6)CC4CN5C=O)c3)c(OC)cc2C(=O)N2CC=C(c3ccsc3)CC2C1OC. The molecule has 3 atom stereocenters. The smallest absolute Gasteiger partial charge is 0.416 e. The van der Waals surface area contributed by atoms with Gasteiger partial charge in [-0.05, 0) is 98.1 Å². The summed E-state index contributed by atoms with van der Waals surface area (Å²) in [5, 5.41) is 8.20. The molecule has 0 bridgehead atoms. The Balaban J connectivity index is 0.943. The molecule has 9 rings (SSSR count). The fraction of sp³-hybridized carbons (Fsp3) is 0.280. The summed E-state index contributed by atoms with van der Waals surface area (Å²) < 4.78 is 36.0. The van der Waals surface area contributed by atoms with Crippen LogP contribution in [0.4, 0.5) is 16.2 Å². The standard InChI is InChI=1S/C50H48N4O10S2/c1-5-15-62-50(58)54-41-24-46(44(60-3)22-39(41)48(57)53-14-10-34(36-12-17-66-29-36)20-42(53)49(54)61-4)64-27-32-8-6-7-31(18-32)26-63-45-23-40-38(21-43(45)59-2)47(56)52-13-9-33(35-11-16-65-28-35)19-37(52)25-51(40)30-55/h5-12,16-18,21-24,28-30,37,42,49H,1,13-15,19-20,25-27H2,2-4H3. The van der Waals surface area contributed by atoms with Crippen LogP contribution in [0.1, 0.15) is 55.8 Å². The van der Waals surface area contributed by atoms with Crippen LogP contribution in [0.5, 0.6) is 23.0 Å². The first-order valence-corrected chi connectivity index (χ1v) is 23.3. The molecular weight excluding hydrogens is 881 g/mol. The highest BCUT2D eigenvalue weighted by Gasteiger charge is 2.46. The van der Waals surface area contributed by atoms with Gasteiger partial charge in [-0.3, -0.25) is 14.4 Å². The first-order valence-electron chi connectivity index (χ1n) is 21.4. The van der Waals surface area contributed by atoms with E-state index in [4.69, 9.17) is 28.4 Å². The van der Waals surface area contributed by atoms with Gasteiger partial charge in [0.2, 0.25) is 6.41 Å². The molecule has 0 N–H and O–H groups in total. The molecule has 0 saturated heterocycles. The van der Waals surface area contributed by atoms with Crippen LogP contribution in [0.2, 0.25) is 0 Å². The molecule has 4 aliphatic heterocycles. The largest absolute Gasteiger partial charge is 0.493 e. The number of nitrogens with zero attached hydrogens (tertiary/aromatic N) is 4. The highest BCUT2D eigenvalue weighted by Crippen LogP contribution is 2.44. The molecule has 0 saturated carbocycles. The quantitative estimate of drug-likeness (QED) is 0.0786. The number of carbonyl (C=O) groups excluding carboxylic acids is 4. The fourth-order valence-corrected chi connectivity index (χ4v) is 10.5. The molecule has 6 heterocycles. The summed E-state index contributed by atoms with van der Waals surface area (Å²) >= 11 is 3.22. The van der Waals surface area contributed by atoms with E-state index < -0.39 is 18.4 Å². The minimum atomic E-state index is -0.906. The molecule has 0 radical (unpaired) electrons. The van der Waals surface area contributed by atoms with Crippen molar-refractivity contribution in [3.63, 3.8) is 0 Å². The predicted octanol–water partition coefficient (Wildman–Crippen LogP) is 8.67. The van der Waals surface area contributed by atoms with Crippen molar-refractivity contribution in [3.05, 3.63) is 140 Å². The Morgan fingerprint density at radius 1 is 0.758 bits per heavy atom. The van der Waals surface area contributed by atoms with Crippen LogP contribution in [-0.4, -0.2) is 100.0 Å². The minimum Gasteiger partial charge on any atom is -0.493 e. The molecule has 14 nitrogen and oxygen atoms in total. The van der Waals surface area contributed by atoms with Crippen molar-refractivity contribution in [1.29, 1.82) is 0 Å². The van der Waals surface area contributed by atoms with Crippen LogP contribution in [0, 0.1) is 0 Å². The molecule has 2 aromatic heterocycles. The van der Waals surface area contributed by atoms with Crippen LogP contribution in [0.15, 0.2) is 107 Å². The monoisotopic (exact) mass is 928 g/mol. The topological polar surface area (TPSA) is 137 Å². The van der Waals surface area contributed by atoms with Crippen molar-refractivity contribution in [2.24, 2.45) is 0 Å². The van der Waals surface area contributed by atoms with Crippen molar-refractivity contribution >= 4 is 69.5 Å². The average molecular weight is 929 g/mol. The zero-order valence-electron chi connectivity index (χ0n) is 36.7. The summed E-state index contributed by atoms with van der Waals surface area (Å²) in [7, 11) is 4.52. The Kier molecular flexibility index (Phi) is 13.0. The number of amides is 4. The van der Waals surface area contributed by atoms with E-state index >= 15 is 0 Å².